The summed E-state index contributed by atoms with van der Waals surface area (Å²) >= 11 is 3.55. The van der Waals surface area contributed by atoms with Crippen molar-refractivity contribution in [2.45, 2.75) is 37.5 Å². The third-order valence-electron chi connectivity index (χ3n) is 2.80. The molecule has 0 spiro atoms. The number of hydrogen-bond acceptors (Lipinski definition) is 4. The lowest BCUT2D eigenvalue weighted by Crippen LogP contribution is -1.89. The maximum atomic E-state index is 9.44. The summed E-state index contributed by atoms with van der Waals surface area (Å²) in [6.45, 7) is 5.94. The van der Waals surface area contributed by atoms with Crippen molar-refractivity contribution in [1.82, 2.24) is 4.98 Å². The fourth-order valence-corrected chi connectivity index (χ4v) is 3.41. The Kier molecular flexibility index (Phi) is 4.43. The molecule has 1 N–H and O–H groups in total. The van der Waals surface area contributed by atoms with Gasteiger partial charge in [-0.15, -0.1) is 23.1 Å². The van der Waals surface area contributed by atoms with E-state index in [1.165, 1.54) is 14.8 Å². The van der Waals surface area contributed by atoms with E-state index >= 15 is 0 Å². The van der Waals surface area contributed by atoms with E-state index in [9.17, 15) is 5.11 Å². The van der Waals surface area contributed by atoms with Gasteiger partial charge in [-0.3, -0.25) is 0 Å². The topological polar surface area (TPSA) is 33.1 Å². The molecule has 18 heavy (non-hydrogen) atoms. The summed E-state index contributed by atoms with van der Waals surface area (Å²) in [5, 5.41) is 10.6. The van der Waals surface area contributed by atoms with Crippen molar-refractivity contribution >= 4 is 23.1 Å². The third-order valence-corrected chi connectivity index (χ3v) is 5.08. The maximum absolute atomic E-state index is 9.44. The Morgan fingerprint density at radius 2 is 1.94 bits per heavy atom. The maximum Gasteiger partial charge on any atom is 0.103 e. The third kappa shape index (κ3) is 3.34. The van der Waals surface area contributed by atoms with Crippen molar-refractivity contribution in [2.24, 2.45) is 0 Å². The van der Waals surface area contributed by atoms with Gasteiger partial charge in [0.05, 0.1) is 17.6 Å². The molecule has 0 aliphatic carbocycles. The fraction of sp³-hybridized carbons (Fsp3) is 0.357. The Morgan fingerprint density at radius 3 is 2.44 bits per heavy atom. The zero-order valence-corrected chi connectivity index (χ0v) is 12.4. The van der Waals surface area contributed by atoms with Gasteiger partial charge >= 0.3 is 0 Å². The largest absolute Gasteiger partial charge is 0.389 e. The fourth-order valence-electron chi connectivity index (χ4n) is 1.59. The van der Waals surface area contributed by atoms with Crippen LogP contribution < -0.4 is 0 Å². The van der Waals surface area contributed by atoms with Gasteiger partial charge in [-0.1, -0.05) is 12.1 Å². The summed E-state index contributed by atoms with van der Waals surface area (Å²) in [6, 6.07) is 8.07. The Morgan fingerprint density at radius 1 is 1.28 bits per heavy atom. The summed E-state index contributed by atoms with van der Waals surface area (Å²) < 4.78 is 0. The molecule has 0 aliphatic rings. The average molecular weight is 279 g/mol. The molecule has 1 aromatic heterocycles. The van der Waals surface area contributed by atoms with E-state index in [0.717, 1.165) is 17.0 Å². The number of aryl methyl sites for hydroxylation is 2. The van der Waals surface area contributed by atoms with Gasteiger partial charge in [0, 0.05) is 9.77 Å². The van der Waals surface area contributed by atoms with E-state index in [1.54, 1.807) is 30.0 Å². The highest BCUT2D eigenvalue weighted by Gasteiger charge is 2.05. The summed E-state index contributed by atoms with van der Waals surface area (Å²) in [5.74, 6) is 0.910. The SMILES string of the molecule is Cc1nc(CSc2ccc(C(C)O)cc2)sc1C. The quantitative estimate of drug-likeness (QED) is 0.855. The molecule has 1 heterocycles. The minimum absolute atomic E-state index is 0.395. The van der Waals surface area contributed by atoms with Gasteiger partial charge in [-0.2, -0.15) is 0 Å². The summed E-state index contributed by atoms with van der Waals surface area (Å²) in [4.78, 5) is 7.04. The minimum atomic E-state index is -0.395. The van der Waals surface area contributed by atoms with Gasteiger partial charge in [-0.05, 0) is 38.5 Å². The van der Waals surface area contributed by atoms with Crippen molar-refractivity contribution in [3.63, 3.8) is 0 Å². The Balaban J connectivity index is 1.97. The molecule has 0 aliphatic heterocycles. The van der Waals surface area contributed by atoms with Crippen LogP contribution in [0.1, 0.15) is 34.2 Å². The van der Waals surface area contributed by atoms with Gasteiger partial charge in [0.2, 0.25) is 0 Å². The zero-order chi connectivity index (χ0) is 13.1. The molecule has 1 unspecified atom stereocenters. The summed E-state index contributed by atoms with van der Waals surface area (Å²) in [5.41, 5.74) is 2.10. The van der Waals surface area contributed by atoms with Crippen LogP contribution in [0.25, 0.3) is 0 Å². The number of hydrogen-bond donors (Lipinski definition) is 1. The van der Waals surface area contributed by atoms with Crippen LogP contribution in [-0.4, -0.2) is 10.1 Å². The number of benzene rings is 1. The first-order valence-electron chi connectivity index (χ1n) is 5.90. The van der Waals surface area contributed by atoms with E-state index in [4.69, 9.17) is 0 Å². The molecule has 0 saturated heterocycles. The first-order valence-corrected chi connectivity index (χ1v) is 7.70. The van der Waals surface area contributed by atoms with Crippen molar-refractivity contribution in [3.05, 3.63) is 45.4 Å². The molecule has 1 aromatic carbocycles. The van der Waals surface area contributed by atoms with Gasteiger partial charge in [0.25, 0.3) is 0 Å². The first kappa shape index (κ1) is 13.6. The van der Waals surface area contributed by atoms with E-state index in [1.807, 2.05) is 12.1 Å². The van der Waals surface area contributed by atoms with Crippen molar-refractivity contribution in [1.29, 1.82) is 0 Å². The molecule has 4 heteroatoms. The van der Waals surface area contributed by atoms with Crippen LogP contribution in [0, 0.1) is 13.8 Å². The first-order chi connectivity index (χ1) is 8.56. The molecular formula is C14H17NOS2. The molecular weight excluding hydrogens is 262 g/mol. The number of aliphatic hydroxyl groups excluding tert-OH is 1. The number of thioether (sulfide) groups is 1. The second-order valence-electron chi connectivity index (χ2n) is 4.28. The molecule has 1 atom stereocenters. The summed E-state index contributed by atoms with van der Waals surface area (Å²) in [6.07, 6.45) is -0.395. The second-order valence-corrected chi connectivity index (χ2v) is 6.62. The molecule has 0 saturated carbocycles. The van der Waals surface area contributed by atoms with Crippen LogP contribution in [-0.2, 0) is 5.75 Å². The monoisotopic (exact) mass is 279 g/mol. The number of rotatable bonds is 4. The molecule has 0 bridgehead atoms. The molecule has 0 amide bonds. The van der Waals surface area contributed by atoms with Crippen LogP contribution in [0.5, 0.6) is 0 Å². The molecule has 0 fully saturated rings. The number of aromatic nitrogens is 1. The van der Waals surface area contributed by atoms with E-state index < -0.39 is 6.10 Å². The highest BCUT2D eigenvalue weighted by Crippen LogP contribution is 2.27. The van der Waals surface area contributed by atoms with E-state index in [2.05, 4.69) is 31.0 Å². The molecule has 2 aromatic rings. The second kappa shape index (κ2) is 5.87. The lowest BCUT2D eigenvalue weighted by molar-refractivity contribution is 0.199. The Labute approximate surface area is 116 Å². The lowest BCUT2D eigenvalue weighted by Gasteiger charge is -2.05. The lowest BCUT2D eigenvalue weighted by atomic mass is 10.1. The zero-order valence-electron chi connectivity index (χ0n) is 10.8. The van der Waals surface area contributed by atoms with Gasteiger partial charge in [0.1, 0.15) is 5.01 Å². The van der Waals surface area contributed by atoms with Crippen molar-refractivity contribution in [2.75, 3.05) is 0 Å². The predicted molar refractivity (Wildman–Crippen MR) is 78.2 cm³/mol. The Bertz CT molecular complexity index is 498. The van der Waals surface area contributed by atoms with E-state index in [0.29, 0.717) is 0 Å². The number of thiazole rings is 1. The minimum Gasteiger partial charge on any atom is -0.389 e. The Hall–Kier alpha value is -0.840. The molecule has 96 valence electrons. The highest BCUT2D eigenvalue weighted by molar-refractivity contribution is 7.98. The van der Waals surface area contributed by atoms with Gasteiger partial charge in [0.15, 0.2) is 0 Å². The van der Waals surface area contributed by atoms with Crippen LogP contribution in [0.4, 0.5) is 0 Å². The van der Waals surface area contributed by atoms with Gasteiger partial charge in [-0.25, -0.2) is 4.98 Å². The smallest absolute Gasteiger partial charge is 0.103 e. The number of aliphatic hydroxyl groups is 1. The average Bonchev–Trinajstić information content (AvgIpc) is 2.67. The normalized spacial score (nSPS) is 12.7. The van der Waals surface area contributed by atoms with Crippen molar-refractivity contribution < 1.29 is 5.11 Å². The summed E-state index contributed by atoms with van der Waals surface area (Å²) in [7, 11) is 0. The van der Waals surface area contributed by atoms with Gasteiger partial charge < -0.3 is 5.11 Å². The van der Waals surface area contributed by atoms with Crippen LogP contribution in [0.3, 0.4) is 0 Å². The molecule has 2 rings (SSSR count). The van der Waals surface area contributed by atoms with Crippen LogP contribution in [0.2, 0.25) is 0 Å². The van der Waals surface area contributed by atoms with Crippen LogP contribution in [0.15, 0.2) is 29.2 Å². The molecule has 0 radical (unpaired) electrons. The molecule has 2 nitrogen and oxygen atoms in total. The standard InChI is InChI=1S/C14H17NOS2/c1-9-11(3)18-14(15-9)8-17-13-6-4-12(5-7-13)10(2)16/h4-7,10,16H,8H2,1-3H3. The van der Waals surface area contributed by atoms with Crippen molar-refractivity contribution in [3.8, 4) is 0 Å². The predicted octanol–water partition coefficient (Wildman–Crippen LogP) is 4.11. The highest BCUT2D eigenvalue weighted by atomic mass is 32.2. The number of nitrogens with zero attached hydrogens (tertiary/aromatic N) is 1. The van der Waals surface area contributed by atoms with Crippen LogP contribution >= 0.6 is 23.1 Å². The van der Waals surface area contributed by atoms with E-state index in [-0.39, 0.29) is 0 Å².